The molecule has 3 rings (SSSR count). The van der Waals surface area contributed by atoms with Crippen LogP contribution in [0, 0.1) is 6.92 Å². The highest BCUT2D eigenvalue weighted by Crippen LogP contribution is 2.36. The lowest BCUT2D eigenvalue weighted by molar-refractivity contribution is -0.137. The molecule has 170 valence electrons. The first-order chi connectivity index (χ1) is 15.1. The number of aromatic nitrogens is 2. The molecular weight excluding hydrogens is 441 g/mol. The van der Waals surface area contributed by atoms with Crippen molar-refractivity contribution in [1.82, 2.24) is 10.2 Å². The van der Waals surface area contributed by atoms with E-state index in [1.165, 1.54) is 23.9 Å². The van der Waals surface area contributed by atoms with E-state index in [2.05, 4.69) is 10.2 Å². The second kappa shape index (κ2) is 9.68. The van der Waals surface area contributed by atoms with Gasteiger partial charge in [-0.1, -0.05) is 26.0 Å². The third-order valence-corrected chi connectivity index (χ3v) is 6.01. The van der Waals surface area contributed by atoms with E-state index in [9.17, 15) is 18.0 Å². The molecule has 0 aliphatic rings. The zero-order chi connectivity index (χ0) is 23.5. The van der Waals surface area contributed by atoms with Crippen LogP contribution < -0.4 is 4.74 Å². The second-order valence-electron chi connectivity index (χ2n) is 7.62. The predicted molar refractivity (Wildman–Crippen MR) is 116 cm³/mol. The van der Waals surface area contributed by atoms with Gasteiger partial charge < -0.3 is 9.84 Å². The smallest absolute Gasteiger partial charge is 0.416 e. The van der Waals surface area contributed by atoms with Gasteiger partial charge in [0.05, 0.1) is 17.5 Å². The second-order valence-corrected chi connectivity index (χ2v) is 8.64. The molecule has 1 unspecified atom stereocenters. The Bertz CT molecular complexity index is 1080. The maximum Gasteiger partial charge on any atom is 0.416 e. The standard InChI is InChI=1S/C23H23F3N2O3S/c1-13(2)21-18(11-27-28-21)22(15-4-6-16(7-5-15)23(24,25)26)31-17-8-9-19(14(3)10-17)32-12-20(29)30/h4-11,13,22H,12H2,1-3H3,(H,27,28)(H,29,30). The minimum atomic E-state index is -4.42. The normalized spacial score (nSPS) is 12.7. The lowest BCUT2D eigenvalue weighted by Gasteiger charge is -2.22. The molecule has 0 fully saturated rings. The summed E-state index contributed by atoms with van der Waals surface area (Å²) < 4.78 is 45.3. The summed E-state index contributed by atoms with van der Waals surface area (Å²) in [5.74, 6) is -0.340. The summed E-state index contributed by atoms with van der Waals surface area (Å²) in [6.07, 6.45) is -3.47. The van der Waals surface area contributed by atoms with Gasteiger partial charge in [0, 0.05) is 16.2 Å². The molecule has 3 aromatic rings. The van der Waals surface area contributed by atoms with Gasteiger partial charge in [0.25, 0.3) is 0 Å². The minimum absolute atomic E-state index is 0.0536. The summed E-state index contributed by atoms with van der Waals surface area (Å²) in [5.41, 5.74) is 2.24. The molecule has 1 atom stereocenters. The summed E-state index contributed by atoms with van der Waals surface area (Å²) in [4.78, 5) is 11.6. The Morgan fingerprint density at radius 2 is 1.88 bits per heavy atom. The van der Waals surface area contributed by atoms with Crippen molar-refractivity contribution in [2.45, 2.75) is 43.9 Å². The van der Waals surface area contributed by atoms with Gasteiger partial charge >= 0.3 is 12.1 Å². The number of rotatable bonds is 8. The predicted octanol–water partition coefficient (Wildman–Crippen LogP) is 6.21. The molecule has 1 heterocycles. The Hall–Kier alpha value is -2.94. The van der Waals surface area contributed by atoms with Crippen molar-refractivity contribution in [1.29, 1.82) is 0 Å². The van der Waals surface area contributed by atoms with Gasteiger partial charge in [-0.05, 0) is 54.3 Å². The molecule has 0 amide bonds. The summed E-state index contributed by atoms with van der Waals surface area (Å²) in [6, 6.07) is 10.2. The van der Waals surface area contributed by atoms with E-state index in [0.717, 1.165) is 33.8 Å². The van der Waals surface area contributed by atoms with E-state index in [1.54, 1.807) is 24.4 Å². The number of halogens is 3. The number of carboxylic acid groups (broad SMARTS) is 1. The van der Waals surface area contributed by atoms with Crippen molar-refractivity contribution in [2.75, 3.05) is 5.75 Å². The number of aromatic amines is 1. The number of aliphatic carboxylic acids is 1. The molecule has 0 saturated carbocycles. The number of hydrogen-bond donors (Lipinski definition) is 2. The minimum Gasteiger partial charge on any atom is -0.481 e. The van der Waals surface area contributed by atoms with Gasteiger partial charge in [-0.3, -0.25) is 9.89 Å². The summed E-state index contributed by atoms with van der Waals surface area (Å²) in [5, 5.41) is 16.0. The first kappa shape index (κ1) is 23.7. The number of alkyl halides is 3. The Morgan fingerprint density at radius 3 is 2.44 bits per heavy atom. The van der Waals surface area contributed by atoms with Crippen LogP contribution in [-0.2, 0) is 11.0 Å². The number of carbonyl (C=O) groups is 1. The zero-order valence-corrected chi connectivity index (χ0v) is 18.6. The van der Waals surface area contributed by atoms with Crippen molar-refractivity contribution in [3.63, 3.8) is 0 Å². The number of nitrogens with one attached hydrogen (secondary N) is 1. The molecular formula is C23H23F3N2O3S. The van der Waals surface area contributed by atoms with E-state index in [-0.39, 0.29) is 11.7 Å². The van der Waals surface area contributed by atoms with E-state index < -0.39 is 23.8 Å². The highest BCUT2D eigenvalue weighted by atomic mass is 32.2. The lowest BCUT2D eigenvalue weighted by Crippen LogP contribution is -2.13. The largest absolute Gasteiger partial charge is 0.481 e. The van der Waals surface area contributed by atoms with E-state index in [4.69, 9.17) is 9.84 Å². The average Bonchev–Trinajstić information content (AvgIpc) is 3.20. The molecule has 9 heteroatoms. The topological polar surface area (TPSA) is 75.2 Å². The molecule has 0 aliphatic heterocycles. The van der Waals surface area contributed by atoms with Gasteiger partial charge in [0.1, 0.15) is 5.75 Å². The van der Waals surface area contributed by atoms with E-state index >= 15 is 0 Å². The highest BCUT2D eigenvalue weighted by Gasteiger charge is 2.31. The van der Waals surface area contributed by atoms with Crippen molar-refractivity contribution in [3.8, 4) is 5.75 Å². The Morgan fingerprint density at radius 1 is 1.19 bits per heavy atom. The maximum atomic E-state index is 13.0. The fraction of sp³-hybridized carbons (Fsp3) is 0.304. The lowest BCUT2D eigenvalue weighted by atomic mass is 9.96. The number of hydrogen-bond acceptors (Lipinski definition) is 4. The van der Waals surface area contributed by atoms with Crippen LogP contribution in [0.3, 0.4) is 0 Å². The number of nitrogens with zero attached hydrogens (tertiary/aromatic N) is 1. The van der Waals surface area contributed by atoms with Crippen LogP contribution in [0.2, 0.25) is 0 Å². The number of carboxylic acids is 1. The average molecular weight is 465 g/mol. The fourth-order valence-electron chi connectivity index (χ4n) is 3.27. The molecule has 5 nitrogen and oxygen atoms in total. The van der Waals surface area contributed by atoms with Crippen LogP contribution in [0.25, 0.3) is 0 Å². The third kappa shape index (κ3) is 5.64. The summed E-state index contributed by atoms with van der Waals surface area (Å²) in [7, 11) is 0. The van der Waals surface area contributed by atoms with Crippen LogP contribution in [0.5, 0.6) is 5.75 Å². The van der Waals surface area contributed by atoms with Gasteiger partial charge in [0.2, 0.25) is 0 Å². The fourth-order valence-corrected chi connectivity index (χ4v) is 4.00. The first-order valence-corrected chi connectivity index (χ1v) is 10.9. The first-order valence-electron chi connectivity index (χ1n) is 9.88. The Balaban J connectivity index is 1.96. The van der Waals surface area contributed by atoms with E-state index in [0.29, 0.717) is 11.3 Å². The van der Waals surface area contributed by atoms with Crippen LogP contribution in [0.4, 0.5) is 13.2 Å². The number of ether oxygens (including phenoxy) is 1. The SMILES string of the molecule is Cc1cc(OC(c2ccc(C(F)(F)F)cc2)c2cn[nH]c2C(C)C)ccc1SCC(=O)O. The van der Waals surface area contributed by atoms with Crippen LogP contribution >= 0.6 is 11.8 Å². The molecule has 2 aromatic carbocycles. The Kier molecular flexibility index (Phi) is 7.18. The van der Waals surface area contributed by atoms with Gasteiger partial charge in [-0.2, -0.15) is 18.3 Å². The summed E-state index contributed by atoms with van der Waals surface area (Å²) >= 11 is 1.21. The molecule has 0 saturated heterocycles. The zero-order valence-electron chi connectivity index (χ0n) is 17.7. The third-order valence-electron chi connectivity index (χ3n) is 4.85. The monoisotopic (exact) mass is 464 g/mol. The highest BCUT2D eigenvalue weighted by molar-refractivity contribution is 8.00. The Labute approximate surface area is 188 Å². The van der Waals surface area contributed by atoms with Crippen LogP contribution in [0.1, 0.15) is 53.8 Å². The van der Waals surface area contributed by atoms with Crippen molar-refractivity contribution in [2.24, 2.45) is 0 Å². The van der Waals surface area contributed by atoms with Crippen LogP contribution in [0.15, 0.2) is 53.6 Å². The number of H-pyrrole nitrogens is 1. The maximum absolute atomic E-state index is 13.0. The van der Waals surface area contributed by atoms with Crippen molar-refractivity contribution < 1.29 is 27.8 Å². The number of aryl methyl sites for hydroxylation is 1. The number of benzene rings is 2. The molecule has 0 bridgehead atoms. The number of thioether (sulfide) groups is 1. The molecule has 0 aliphatic carbocycles. The van der Waals surface area contributed by atoms with Crippen molar-refractivity contribution in [3.05, 3.63) is 76.6 Å². The molecule has 0 radical (unpaired) electrons. The molecule has 1 aromatic heterocycles. The van der Waals surface area contributed by atoms with Gasteiger partial charge in [0.15, 0.2) is 6.10 Å². The van der Waals surface area contributed by atoms with Crippen molar-refractivity contribution >= 4 is 17.7 Å². The van der Waals surface area contributed by atoms with Crippen LogP contribution in [-0.4, -0.2) is 27.0 Å². The van der Waals surface area contributed by atoms with Gasteiger partial charge in [-0.15, -0.1) is 11.8 Å². The molecule has 32 heavy (non-hydrogen) atoms. The molecule has 0 spiro atoms. The van der Waals surface area contributed by atoms with Gasteiger partial charge in [-0.25, -0.2) is 0 Å². The summed E-state index contributed by atoms with van der Waals surface area (Å²) in [6.45, 7) is 5.82. The molecule has 2 N–H and O–H groups in total. The quantitative estimate of drug-likeness (QED) is 0.388. The van der Waals surface area contributed by atoms with E-state index in [1.807, 2.05) is 20.8 Å².